The summed E-state index contributed by atoms with van der Waals surface area (Å²) in [6.45, 7) is 5.07. The number of benzene rings is 1. The predicted molar refractivity (Wildman–Crippen MR) is 91.1 cm³/mol. The van der Waals surface area contributed by atoms with Gasteiger partial charge in [0.15, 0.2) is 5.16 Å². The molecule has 22 heavy (non-hydrogen) atoms. The van der Waals surface area contributed by atoms with Crippen LogP contribution in [0.5, 0.6) is 0 Å². The second-order valence-corrected chi connectivity index (χ2v) is 7.24. The largest absolute Gasteiger partial charge is 0.339 e. The molecule has 1 saturated heterocycles. The number of aromatic amines is 1. The van der Waals surface area contributed by atoms with Crippen molar-refractivity contribution in [1.29, 1.82) is 0 Å². The molecule has 3 rings (SSSR count). The van der Waals surface area contributed by atoms with Gasteiger partial charge in [0.05, 0.1) is 16.3 Å². The molecule has 1 aliphatic heterocycles. The molecule has 0 bridgehead atoms. The van der Waals surface area contributed by atoms with Crippen molar-refractivity contribution in [1.82, 2.24) is 14.9 Å². The second-order valence-electron chi connectivity index (χ2n) is 5.91. The van der Waals surface area contributed by atoms with E-state index >= 15 is 0 Å². The second kappa shape index (κ2) is 6.73. The van der Waals surface area contributed by atoms with Gasteiger partial charge in [-0.1, -0.05) is 30.8 Å². The number of nitrogens with one attached hydrogen (secondary N) is 1. The maximum absolute atomic E-state index is 12.8. The summed E-state index contributed by atoms with van der Waals surface area (Å²) < 4.78 is 0. The first kappa shape index (κ1) is 15.4. The first-order chi connectivity index (χ1) is 10.7. The number of thioether (sulfide) groups is 1. The molecule has 1 aromatic carbocycles. The molecular weight excluding hydrogens is 294 g/mol. The van der Waals surface area contributed by atoms with E-state index in [0.717, 1.165) is 42.0 Å². The van der Waals surface area contributed by atoms with Crippen molar-refractivity contribution in [2.24, 2.45) is 0 Å². The molecule has 118 valence electrons. The van der Waals surface area contributed by atoms with Gasteiger partial charge in [0.2, 0.25) is 5.91 Å². The number of para-hydroxylation sites is 2. The molecule has 0 saturated carbocycles. The number of carbonyl (C=O) groups is 1. The molecule has 1 N–H and O–H groups in total. The highest BCUT2D eigenvalue weighted by Crippen LogP contribution is 2.27. The lowest BCUT2D eigenvalue weighted by Gasteiger charge is -2.36. The Balaban J connectivity index is 1.70. The van der Waals surface area contributed by atoms with Crippen LogP contribution in [0.15, 0.2) is 29.4 Å². The Morgan fingerprint density at radius 2 is 2.27 bits per heavy atom. The molecule has 4 nitrogen and oxygen atoms in total. The minimum atomic E-state index is -0.104. The maximum Gasteiger partial charge on any atom is 0.236 e. The number of likely N-dealkylation sites (tertiary alicyclic amines) is 1. The average molecular weight is 317 g/mol. The molecule has 1 aliphatic rings. The van der Waals surface area contributed by atoms with Crippen LogP contribution < -0.4 is 0 Å². The van der Waals surface area contributed by atoms with Crippen LogP contribution in [0.25, 0.3) is 11.0 Å². The van der Waals surface area contributed by atoms with Gasteiger partial charge in [-0.15, -0.1) is 0 Å². The highest BCUT2D eigenvalue weighted by Gasteiger charge is 2.29. The molecule has 2 heterocycles. The van der Waals surface area contributed by atoms with Crippen molar-refractivity contribution in [3.05, 3.63) is 24.3 Å². The first-order valence-electron chi connectivity index (χ1n) is 8.11. The molecular formula is C17H23N3OS. The highest BCUT2D eigenvalue weighted by atomic mass is 32.2. The maximum atomic E-state index is 12.8. The lowest BCUT2D eigenvalue weighted by Crippen LogP contribution is -2.46. The molecule has 5 heteroatoms. The summed E-state index contributed by atoms with van der Waals surface area (Å²) in [6, 6.07) is 8.38. The molecule has 0 radical (unpaired) electrons. The van der Waals surface area contributed by atoms with Crippen LogP contribution in [0.1, 0.15) is 39.5 Å². The number of rotatable bonds is 4. The molecule has 0 unspecified atom stereocenters. The third-order valence-electron chi connectivity index (χ3n) is 4.39. The average Bonchev–Trinajstić information content (AvgIpc) is 2.96. The third-order valence-corrected chi connectivity index (χ3v) is 5.36. The summed E-state index contributed by atoms with van der Waals surface area (Å²) in [7, 11) is 0. The van der Waals surface area contributed by atoms with Crippen molar-refractivity contribution in [3.8, 4) is 0 Å². The van der Waals surface area contributed by atoms with Gasteiger partial charge in [-0.3, -0.25) is 4.79 Å². The standard InChI is InChI=1S/C17H23N3OS/c1-3-13-8-6-7-11-20(13)16(21)12(2)22-17-18-14-9-4-5-10-15(14)19-17/h4-5,9-10,12-13H,3,6-8,11H2,1-2H3,(H,18,19)/t12-,13+/m0/s1. The molecule has 2 atom stereocenters. The number of H-pyrrole nitrogens is 1. The van der Waals surface area contributed by atoms with E-state index in [4.69, 9.17) is 0 Å². The Morgan fingerprint density at radius 1 is 1.45 bits per heavy atom. The van der Waals surface area contributed by atoms with Gasteiger partial charge < -0.3 is 9.88 Å². The van der Waals surface area contributed by atoms with Gasteiger partial charge in [0.25, 0.3) is 0 Å². The normalized spacial score (nSPS) is 20.3. The van der Waals surface area contributed by atoms with E-state index in [1.165, 1.54) is 18.2 Å². The van der Waals surface area contributed by atoms with Gasteiger partial charge in [-0.05, 0) is 44.7 Å². The van der Waals surface area contributed by atoms with Crippen LogP contribution in [-0.2, 0) is 4.79 Å². The molecule has 0 aliphatic carbocycles. The number of imidazole rings is 1. The highest BCUT2D eigenvalue weighted by molar-refractivity contribution is 8.00. The van der Waals surface area contributed by atoms with Gasteiger partial charge >= 0.3 is 0 Å². The van der Waals surface area contributed by atoms with Crippen molar-refractivity contribution in [2.75, 3.05) is 6.54 Å². The van der Waals surface area contributed by atoms with E-state index in [2.05, 4.69) is 21.8 Å². The van der Waals surface area contributed by atoms with Gasteiger partial charge in [0.1, 0.15) is 0 Å². The lowest BCUT2D eigenvalue weighted by atomic mass is 10.00. The minimum Gasteiger partial charge on any atom is -0.339 e. The number of amides is 1. The number of piperidine rings is 1. The van der Waals surface area contributed by atoms with E-state index in [1.807, 2.05) is 31.2 Å². The van der Waals surface area contributed by atoms with Crippen LogP contribution in [0.3, 0.4) is 0 Å². The number of hydrogen-bond donors (Lipinski definition) is 1. The Hall–Kier alpha value is -1.49. The van der Waals surface area contributed by atoms with Crippen LogP contribution in [0, 0.1) is 0 Å². The van der Waals surface area contributed by atoms with Crippen LogP contribution in [-0.4, -0.2) is 38.6 Å². The van der Waals surface area contributed by atoms with E-state index in [9.17, 15) is 4.79 Å². The third kappa shape index (κ3) is 3.14. The first-order valence-corrected chi connectivity index (χ1v) is 8.99. The topological polar surface area (TPSA) is 49.0 Å². The smallest absolute Gasteiger partial charge is 0.236 e. The molecule has 0 spiro atoms. The van der Waals surface area contributed by atoms with Gasteiger partial charge in [-0.2, -0.15) is 0 Å². The Bertz CT molecular complexity index is 621. The number of nitrogens with zero attached hydrogens (tertiary/aromatic N) is 2. The van der Waals surface area contributed by atoms with Crippen LogP contribution in [0.2, 0.25) is 0 Å². The summed E-state index contributed by atoms with van der Waals surface area (Å²) in [5, 5.41) is 0.722. The van der Waals surface area contributed by atoms with Crippen LogP contribution >= 0.6 is 11.8 Å². The van der Waals surface area contributed by atoms with Gasteiger partial charge in [0, 0.05) is 12.6 Å². The van der Waals surface area contributed by atoms with Crippen molar-refractivity contribution in [2.45, 2.75) is 56.0 Å². The summed E-state index contributed by atoms with van der Waals surface area (Å²) in [6.07, 6.45) is 4.57. The van der Waals surface area contributed by atoms with E-state index < -0.39 is 0 Å². The number of fused-ring (bicyclic) bond motifs is 1. The van der Waals surface area contributed by atoms with E-state index in [0.29, 0.717) is 6.04 Å². The van der Waals surface area contributed by atoms with Crippen molar-refractivity contribution in [3.63, 3.8) is 0 Å². The zero-order valence-corrected chi connectivity index (χ0v) is 14.0. The fraction of sp³-hybridized carbons (Fsp3) is 0.529. The van der Waals surface area contributed by atoms with Crippen molar-refractivity contribution >= 4 is 28.7 Å². The Labute approximate surface area is 135 Å². The molecule has 1 aromatic heterocycles. The van der Waals surface area contributed by atoms with E-state index in [1.54, 1.807) is 0 Å². The summed E-state index contributed by atoms with van der Waals surface area (Å²) in [4.78, 5) is 22.7. The zero-order valence-electron chi connectivity index (χ0n) is 13.2. The van der Waals surface area contributed by atoms with Gasteiger partial charge in [-0.25, -0.2) is 4.98 Å². The minimum absolute atomic E-state index is 0.104. The summed E-state index contributed by atoms with van der Waals surface area (Å²) in [5.74, 6) is 0.247. The van der Waals surface area contributed by atoms with Crippen LogP contribution in [0.4, 0.5) is 0 Å². The molecule has 1 amide bonds. The Kier molecular flexibility index (Phi) is 4.71. The fourth-order valence-corrected chi connectivity index (χ4v) is 4.04. The zero-order chi connectivity index (χ0) is 15.5. The number of aromatic nitrogens is 2. The Morgan fingerprint density at radius 3 is 3.05 bits per heavy atom. The number of carbonyl (C=O) groups excluding carboxylic acids is 1. The summed E-state index contributed by atoms with van der Waals surface area (Å²) >= 11 is 1.53. The monoisotopic (exact) mass is 317 g/mol. The molecule has 1 fully saturated rings. The van der Waals surface area contributed by atoms with E-state index in [-0.39, 0.29) is 11.2 Å². The SMILES string of the molecule is CC[C@@H]1CCCCN1C(=O)[C@H](C)Sc1nc2ccccc2[nH]1. The lowest BCUT2D eigenvalue weighted by molar-refractivity contribution is -0.134. The van der Waals surface area contributed by atoms with Crippen molar-refractivity contribution < 1.29 is 4.79 Å². The predicted octanol–water partition coefficient (Wildman–Crippen LogP) is 3.83. The molecule has 2 aromatic rings. The summed E-state index contributed by atoms with van der Waals surface area (Å²) in [5.41, 5.74) is 1.98. The number of hydrogen-bond acceptors (Lipinski definition) is 3. The fourth-order valence-electron chi connectivity index (χ4n) is 3.15. The quantitative estimate of drug-likeness (QED) is 0.872.